The highest BCUT2D eigenvalue weighted by Crippen LogP contribution is 2.27. The van der Waals surface area contributed by atoms with Gasteiger partial charge in [-0.1, -0.05) is 30.3 Å². The van der Waals surface area contributed by atoms with Crippen LogP contribution >= 0.6 is 11.8 Å². The van der Waals surface area contributed by atoms with Crippen LogP contribution in [0, 0.1) is 5.92 Å². The standard InChI is InChI=1S/C23H36N4O2S/c1-2-24-23(25-17-21(28)16-18-6-4-3-5-7-18)26-20-10-8-19(9-11-20)22(29)27-12-14-30-15-13-27/h3-7,19-21,28H,2,8-17H2,1H3,(H2,24,25,26). The molecule has 3 rings (SSSR count). The summed E-state index contributed by atoms with van der Waals surface area (Å²) in [6, 6.07) is 10.3. The maximum Gasteiger partial charge on any atom is 0.225 e. The smallest absolute Gasteiger partial charge is 0.225 e. The molecule has 1 aromatic carbocycles. The predicted molar refractivity (Wildman–Crippen MR) is 125 cm³/mol. The summed E-state index contributed by atoms with van der Waals surface area (Å²) in [4.78, 5) is 19.4. The SMILES string of the molecule is CCNC(=NCC(O)Cc1ccccc1)NC1CCC(C(=O)N2CCSCC2)CC1. The van der Waals surface area contributed by atoms with Crippen LogP contribution in [-0.2, 0) is 11.2 Å². The second-order valence-electron chi connectivity index (χ2n) is 8.19. The first kappa shape index (κ1) is 22.9. The molecule has 2 fully saturated rings. The number of aliphatic hydroxyl groups is 1. The number of nitrogens with one attached hydrogen (secondary N) is 2. The minimum atomic E-state index is -0.501. The number of carbonyl (C=O) groups is 1. The van der Waals surface area contributed by atoms with Crippen molar-refractivity contribution in [2.45, 2.75) is 51.2 Å². The number of carbonyl (C=O) groups excluding carboxylic acids is 1. The summed E-state index contributed by atoms with van der Waals surface area (Å²) in [6.07, 6.45) is 3.95. The topological polar surface area (TPSA) is 77.0 Å². The number of rotatable bonds is 7. The normalized spacial score (nSPS) is 23.7. The van der Waals surface area contributed by atoms with Gasteiger partial charge in [-0.2, -0.15) is 11.8 Å². The Balaban J connectivity index is 1.44. The van der Waals surface area contributed by atoms with Gasteiger partial charge in [0.15, 0.2) is 5.96 Å². The van der Waals surface area contributed by atoms with Crippen molar-refractivity contribution in [3.05, 3.63) is 35.9 Å². The summed E-state index contributed by atoms with van der Waals surface area (Å²) in [7, 11) is 0. The number of hydrogen-bond donors (Lipinski definition) is 3. The van der Waals surface area contributed by atoms with Crippen LogP contribution in [0.25, 0.3) is 0 Å². The number of guanidine groups is 1. The van der Waals surface area contributed by atoms with E-state index in [0.717, 1.165) is 68.3 Å². The zero-order valence-corrected chi connectivity index (χ0v) is 18.9. The van der Waals surface area contributed by atoms with Crippen LogP contribution in [-0.4, -0.2) is 71.7 Å². The predicted octanol–water partition coefficient (Wildman–Crippen LogP) is 2.28. The Morgan fingerprint density at radius 3 is 2.57 bits per heavy atom. The zero-order valence-electron chi connectivity index (χ0n) is 18.1. The number of hydrogen-bond acceptors (Lipinski definition) is 4. The molecule has 0 spiro atoms. The molecule has 1 saturated carbocycles. The van der Waals surface area contributed by atoms with Gasteiger partial charge in [0, 0.05) is 49.5 Å². The molecule has 6 nitrogen and oxygen atoms in total. The first-order valence-corrected chi connectivity index (χ1v) is 12.4. The van der Waals surface area contributed by atoms with Gasteiger partial charge < -0.3 is 20.6 Å². The Bertz CT molecular complexity index is 671. The zero-order chi connectivity index (χ0) is 21.2. The lowest BCUT2D eigenvalue weighted by Gasteiger charge is -2.34. The summed E-state index contributed by atoms with van der Waals surface area (Å²) < 4.78 is 0. The average molecular weight is 433 g/mol. The molecular formula is C23H36N4O2S. The fourth-order valence-electron chi connectivity index (χ4n) is 4.19. The van der Waals surface area contributed by atoms with Crippen LogP contribution < -0.4 is 10.6 Å². The molecule has 30 heavy (non-hydrogen) atoms. The van der Waals surface area contributed by atoms with Crippen LogP contribution in [0.3, 0.4) is 0 Å². The molecule has 0 radical (unpaired) electrons. The maximum atomic E-state index is 12.7. The van der Waals surface area contributed by atoms with Crippen molar-refractivity contribution in [2.75, 3.05) is 37.7 Å². The lowest BCUT2D eigenvalue weighted by atomic mass is 9.85. The van der Waals surface area contributed by atoms with Crippen molar-refractivity contribution in [2.24, 2.45) is 10.9 Å². The molecule has 3 N–H and O–H groups in total. The van der Waals surface area contributed by atoms with E-state index in [9.17, 15) is 9.90 Å². The van der Waals surface area contributed by atoms with E-state index < -0.39 is 6.10 Å². The maximum absolute atomic E-state index is 12.7. The van der Waals surface area contributed by atoms with Gasteiger partial charge in [-0.15, -0.1) is 0 Å². The van der Waals surface area contributed by atoms with Crippen LogP contribution in [0.1, 0.15) is 38.2 Å². The van der Waals surface area contributed by atoms with Crippen LogP contribution in [0.2, 0.25) is 0 Å². The van der Waals surface area contributed by atoms with E-state index in [0.29, 0.717) is 24.9 Å². The molecule has 1 amide bonds. The summed E-state index contributed by atoms with van der Waals surface area (Å²) in [5.74, 6) is 3.44. The van der Waals surface area contributed by atoms with E-state index in [1.165, 1.54) is 0 Å². The number of benzene rings is 1. The molecule has 1 heterocycles. The Labute approximate surface area is 184 Å². The first-order valence-electron chi connectivity index (χ1n) is 11.3. The molecule has 1 saturated heterocycles. The van der Waals surface area contributed by atoms with Crippen molar-refractivity contribution in [3.63, 3.8) is 0 Å². The number of aliphatic imine (C=N–C) groups is 1. The minimum Gasteiger partial charge on any atom is -0.391 e. The van der Waals surface area contributed by atoms with Gasteiger partial charge in [-0.3, -0.25) is 9.79 Å². The van der Waals surface area contributed by atoms with Crippen LogP contribution in [0.4, 0.5) is 0 Å². The summed E-state index contributed by atoms with van der Waals surface area (Å²) in [5, 5.41) is 17.1. The highest BCUT2D eigenvalue weighted by Gasteiger charge is 2.30. The Kier molecular flexibility index (Phi) is 9.33. The van der Waals surface area contributed by atoms with Crippen molar-refractivity contribution in [1.29, 1.82) is 0 Å². The summed E-state index contributed by atoms with van der Waals surface area (Å²) in [5.41, 5.74) is 1.12. The summed E-state index contributed by atoms with van der Waals surface area (Å²) in [6.45, 7) is 5.00. The van der Waals surface area contributed by atoms with E-state index in [2.05, 4.69) is 20.5 Å². The lowest BCUT2D eigenvalue weighted by Crippen LogP contribution is -2.47. The highest BCUT2D eigenvalue weighted by atomic mass is 32.2. The lowest BCUT2D eigenvalue weighted by molar-refractivity contribution is -0.136. The molecule has 166 valence electrons. The molecular weight excluding hydrogens is 396 g/mol. The van der Waals surface area contributed by atoms with E-state index in [4.69, 9.17) is 0 Å². The van der Waals surface area contributed by atoms with E-state index >= 15 is 0 Å². The van der Waals surface area contributed by atoms with Gasteiger partial charge in [0.1, 0.15) is 0 Å². The van der Waals surface area contributed by atoms with Gasteiger partial charge in [0.2, 0.25) is 5.91 Å². The molecule has 0 aromatic heterocycles. The number of aliphatic hydroxyl groups excluding tert-OH is 1. The quantitative estimate of drug-likeness (QED) is 0.455. The molecule has 1 aromatic rings. The summed E-state index contributed by atoms with van der Waals surface area (Å²) >= 11 is 1.94. The molecule has 2 aliphatic rings. The third kappa shape index (κ3) is 7.20. The second-order valence-corrected chi connectivity index (χ2v) is 9.42. The molecule has 1 aliphatic carbocycles. The van der Waals surface area contributed by atoms with Crippen LogP contribution in [0.15, 0.2) is 35.3 Å². The second kappa shape index (κ2) is 12.2. The van der Waals surface area contributed by atoms with Crippen molar-refractivity contribution in [3.8, 4) is 0 Å². The van der Waals surface area contributed by atoms with E-state index in [1.54, 1.807) is 0 Å². The average Bonchev–Trinajstić information content (AvgIpc) is 2.79. The van der Waals surface area contributed by atoms with Gasteiger partial charge in [0.25, 0.3) is 0 Å². The molecule has 7 heteroatoms. The fourth-order valence-corrected chi connectivity index (χ4v) is 5.09. The van der Waals surface area contributed by atoms with E-state index in [-0.39, 0.29) is 5.92 Å². The number of thioether (sulfide) groups is 1. The molecule has 0 bridgehead atoms. The Morgan fingerprint density at radius 2 is 1.90 bits per heavy atom. The Morgan fingerprint density at radius 1 is 1.20 bits per heavy atom. The van der Waals surface area contributed by atoms with Gasteiger partial charge in [0.05, 0.1) is 12.6 Å². The third-order valence-electron chi connectivity index (χ3n) is 5.86. The molecule has 1 unspecified atom stereocenters. The molecule has 1 atom stereocenters. The fraction of sp³-hybridized carbons (Fsp3) is 0.652. The van der Waals surface area contributed by atoms with Crippen molar-refractivity contribution in [1.82, 2.24) is 15.5 Å². The van der Waals surface area contributed by atoms with Crippen molar-refractivity contribution < 1.29 is 9.90 Å². The largest absolute Gasteiger partial charge is 0.391 e. The minimum absolute atomic E-state index is 0.179. The number of nitrogens with zero attached hydrogens (tertiary/aromatic N) is 2. The van der Waals surface area contributed by atoms with Crippen molar-refractivity contribution >= 4 is 23.6 Å². The number of amides is 1. The Hall–Kier alpha value is -1.73. The first-order chi connectivity index (χ1) is 14.7. The van der Waals surface area contributed by atoms with E-state index in [1.807, 2.05) is 49.0 Å². The van der Waals surface area contributed by atoms with Gasteiger partial charge in [-0.05, 0) is 38.2 Å². The monoisotopic (exact) mass is 432 g/mol. The highest BCUT2D eigenvalue weighted by molar-refractivity contribution is 7.99. The third-order valence-corrected chi connectivity index (χ3v) is 6.80. The van der Waals surface area contributed by atoms with Crippen LogP contribution in [0.5, 0.6) is 0 Å². The van der Waals surface area contributed by atoms with Gasteiger partial charge in [-0.25, -0.2) is 0 Å². The molecule has 1 aliphatic heterocycles. The van der Waals surface area contributed by atoms with Gasteiger partial charge >= 0.3 is 0 Å².